The van der Waals surface area contributed by atoms with Crippen LogP contribution < -0.4 is 21.2 Å². The standard InChI is InChI=1S/C24H34BN5O4.2C2H6/c1-23(2)24(3,4)34-25(33-23)17-12-20(22(31)28(5)14-17)27-21-7-6-18(13-26-21)29-8-10-30(11-9-29)19-15-32-16-19;2*1-2/h6-7,12-14,19H,8-11,15-16H2,1-5H3,(H,26,27);2*1-2H3. The van der Waals surface area contributed by atoms with Crippen molar-refractivity contribution in [3.8, 4) is 0 Å². The first-order valence-corrected chi connectivity index (χ1v) is 14.0. The third-order valence-electron chi connectivity index (χ3n) is 7.56. The topological polar surface area (TPSA) is 81.1 Å². The largest absolute Gasteiger partial charge is 0.496 e. The minimum atomic E-state index is -0.544. The molecule has 3 fully saturated rings. The van der Waals surface area contributed by atoms with E-state index in [2.05, 4.69) is 26.2 Å². The molecule has 3 aliphatic rings. The molecule has 5 rings (SSSR count). The fourth-order valence-corrected chi connectivity index (χ4v) is 4.50. The summed E-state index contributed by atoms with van der Waals surface area (Å²) in [4.78, 5) is 22.2. The van der Waals surface area contributed by atoms with Crippen LogP contribution in [0.3, 0.4) is 0 Å². The van der Waals surface area contributed by atoms with Crippen molar-refractivity contribution in [1.29, 1.82) is 0 Å². The summed E-state index contributed by atoms with van der Waals surface area (Å²) in [5, 5.41) is 3.19. The van der Waals surface area contributed by atoms with Crippen molar-refractivity contribution in [2.75, 3.05) is 49.6 Å². The van der Waals surface area contributed by atoms with Crippen LogP contribution >= 0.6 is 0 Å². The predicted molar refractivity (Wildman–Crippen MR) is 156 cm³/mol. The molecule has 3 aliphatic heterocycles. The third-order valence-corrected chi connectivity index (χ3v) is 7.56. The first-order chi connectivity index (χ1) is 18.1. The van der Waals surface area contributed by atoms with E-state index < -0.39 is 18.3 Å². The smallest absolute Gasteiger partial charge is 0.399 e. The van der Waals surface area contributed by atoms with Crippen molar-refractivity contribution in [1.82, 2.24) is 14.5 Å². The molecule has 0 aliphatic carbocycles. The third kappa shape index (κ3) is 6.42. The van der Waals surface area contributed by atoms with E-state index in [9.17, 15) is 4.79 Å². The van der Waals surface area contributed by atoms with E-state index in [1.165, 1.54) is 0 Å². The lowest BCUT2D eigenvalue weighted by Crippen LogP contribution is -2.56. The maximum Gasteiger partial charge on any atom is 0.496 e. The van der Waals surface area contributed by atoms with Crippen LogP contribution in [0.4, 0.5) is 17.2 Å². The monoisotopic (exact) mass is 527 g/mol. The summed E-state index contributed by atoms with van der Waals surface area (Å²) < 4.78 is 19.2. The maximum atomic E-state index is 12.8. The number of aromatic nitrogens is 2. The van der Waals surface area contributed by atoms with Crippen LogP contribution in [0.2, 0.25) is 0 Å². The second-order valence-electron chi connectivity index (χ2n) is 10.4. The van der Waals surface area contributed by atoms with E-state index in [1.807, 2.05) is 67.7 Å². The Kier molecular flexibility index (Phi) is 10.0. The van der Waals surface area contributed by atoms with Crippen LogP contribution in [-0.4, -0.2) is 78.2 Å². The average Bonchev–Trinajstić information content (AvgIpc) is 3.11. The number of nitrogens with one attached hydrogen (secondary N) is 1. The van der Waals surface area contributed by atoms with Gasteiger partial charge >= 0.3 is 7.12 Å². The molecule has 0 radical (unpaired) electrons. The molecule has 210 valence electrons. The van der Waals surface area contributed by atoms with Gasteiger partial charge in [0.25, 0.3) is 5.56 Å². The van der Waals surface area contributed by atoms with Gasteiger partial charge in [0.2, 0.25) is 0 Å². The summed E-state index contributed by atoms with van der Waals surface area (Å²) in [6.45, 7) is 21.8. The molecule has 0 bridgehead atoms. The van der Waals surface area contributed by atoms with E-state index in [4.69, 9.17) is 14.0 Å². The van der Waals surface area contributed by atoms with Crippen LogP contribution in [0.25, 0.3) is 0 Å². The highest BCUT2D eigenvalue weighted by molar-refractivity contribution is 6.62. The van der Waals surface area contributed by atoms with Crippen LogP contribution in [0.5, 0.6) is 0 Å². The van der Waals surface area contributed by atoms with E-state index in [0.29, 0.717) is 17.5 Å². The highest BCUT2D eigenvalue weighted by Gasteiger charge is 2.52. The lowest BCUT2D eigenvalue weighted by atomic mass is 9.80. The fraction of sp³-hybridized carbons (Fsp3) is 0.643. The van der Waals surface area contributed by atoms with Crippen LogP contribution in [-0.2, 0) is 21.1 Å². The highest BCUT2D eigenvalue weighted by atomic mass is 16.7. The van der Waals surface area contributed by atoms with Gasteiger partial charge in [-0.25, -0.2) is 4.98 Å². The molecule has 1 N–H and O–H groups in total. The highest BCUT2D eigenvalue weighted by Crippen LogP contribution is 2.36. The van der Waals surface area contributed by atoms with Gasteiger partial charge in [0.15, 0.2) is 0 Å². The fourth-order valence-electron chi connectivity index (χ4n) is 4.50. The summed E-state index contributed by atoms with van der Waals surface area (Å²) in [6, 6.07) is 6.36. The second-order valence-corrected chi connectivity index (χ2v) is 10.4. The van der Waals surface area contributed by atoms with Crippen molar-refractivity contribution in [3.05, 3.63) is 40.9 Å². The molecule has 0 aromatic carbocycles. The zero-order valence-electron chi connectivity index (χ0n) is 24.7. The van der Waals surface area contributed by atoms with Crippen molar-refractivity contribution in [2.45, 2.75) is 72.6 Å². The molecule has 0 atom stereocenters. The number of hydrogen-bond acceptors (Lipinski definition) is 8. The van der Waals surface area contributed by atoms with E-state index in [1.54, 1.807) is 23.9 Å². The quantitative estimate of drug-likeness (QED) is 0.593. The van der Waals surface area contributed by atoms with Crippen molar-refractivity contribution in [2.24, 2.45) is 7.05 Å². The Balaban J connectivity index is 0.000000956. The lowest BCUT2D eigenvalue weighted by Gasteiger charge is -2.43. The van der Waals surface area contributed by atoms with E-state index >= 15 is 0 Å². The Bertz CT molecular complexity index is 1080. The van der Waals surface area contributed by atoms with Gasteiger partial charge in [-0.3, -0.25) is 9.69 Å². The van der Waals surface area contributed by atoms with Gasteiger partial charge in [-0.05, 0) is 45.9 Å². The van der Waals surface area contributed by atoms with Crippen molar-refractivity contribution >= 4 is 29.8 Å². The number of hydrogen-bond donors (Lipinski definition) is 1. The van der Waals surface area contributed by atoms with Crippen LogP contribution in [0.1, 0.15) is 55.4 Å². The summed E-state index contributed by atoms with van der Waals surface area (Å²) in [5.74, 6) is 0.622. The van der Waals surface area contributed by atoms with Gasteiger partial charge in [-0.15, -0.1) is 0 Å². The number of nitrogens with zero attached hydrogens (tertiary/aromatic N) is 4. The molecular weight excluding hydrogens is 481 g/mol. The summed E-state index contributed by atoms with van der Waals surface area (Å²) in [6.07, 6.45) is 3.63. The van der Waals surface area contributed by atoms with Crippen molar-refractivity contribution in [3.63, 3.8) is 0 Å². The molecule has 3 saturated heterocycles. The molecule has 2 aromatic rings. The minimum absolute atomic E-state index is 0.137. The molecule has 9 nitrogen and oxygen atoms in total. The zero-order valence-corrected chi connectivity index (χ0v) is 24.7. The molecule has 38 heavy (non-hydrogen) atoms. The van der Waals surface area contributed by atoms with Gasteiger partial charge in [-0.2, -0.15) is 0 Å². The lowest BCUT2D eigenvalue weighted by molar-refractivity contribution is -0.0660. The molecule has 0 spiro atoms. The Labute approximate surface area is 228 Å². The predicted octanol–water partition coefficient (Wildman–Crippen LogP) is 3.40. The SMILES string of the molecule is CC.CC.Cn1cc(B2OC(C)(C)C(C)(C)O2)cc(Nc2ccc(N3CCN(C4COC4)CC3)cn2)c1=O. The first-order valence-electron chi connectivity index (χ1n) is 14.0. The minimum Gasteiger partial charge on any atom is -0.399 e. The van der Waals surface area contributed by atoms with Gasteiger partial charge < -0.3 is 28.8 Å². The Morgan fingerprint density at radius 2 is 1.58 bits per heavy atom. The summed E-state index contributed by atoms with van der Waals surface area (Å²) in [7, 11) is 1.19. The number of anilines is 3. The maximum absolute atomic E-state index is 12.8. The first kappa shape index (κ1) is 30.2. The van der Waals surface area contributed by atoms with E-state index in [0.717, 1.165) is 50.5 Å². The average molecular weight is 528 g/mol. The Hall–Kier alpha value is -2.40. The number of pyridine rings is 2. The summed E-state index contributed by atoms with van der Waals surface area (Å²) in [5.41, 5.74) is 1.28. The van der Waals surface area contributed by atoms with Gasteiger partial charge in [0, 0.05) is 44.9 Å². The molecule has 5 heterocycles. The molecule has 2 aromatic heterocycles. The van der Waals surface area contributed by atoms with Gasteiger partial charge in [0.1, 0.15) is 11.5 Å². The second kappa shape index (κ2) is 12.6. The molecule has 0 amide bonds. The normalized spacial score (nSPS) is 20.6. The molecule has 0 unspecified atom stereocenters. The Morgan fingerprint density at radius 3 is 2.08 bits per heavy atom. The van der Waals surface area contributed by atoms with Crippen LogP contribution in [0.15, 0.2) is 35.4 Å². The summed E-state index contributed by atoms with van der Waals surface area (Å²) >= 11 is 0. The van der Waals surface area contributed by atoms with Crippen molar-refractivity contribution < 1.29 is 14.0 Å². The van der Waals surface area contributed by atoms with E-state index in [-0.39, 0.29) is 5.56 Å². The number of rotatable bonds is 5. The zero-order chi connectivity index (χ0) is 28.1. The number of ether oxygens (including phenoxy) is 1. The van der Waals surface area contributed by atoms with Gasteiger partial charge in [0.05, 0.1) is 42.3 Å². The molecule has 10 heteroatoms. The number of aryl methyl sites for hydroxylation is 1. The molecule has 0 saturated carbocycles. The molecular formula is C28H46BN5O4. The Morgan fingerprint density at radius 1 is 0.974 bits per heavy atom. The van der Waals surface area contributed by atoms with Crippen LogP contribution in [0, 0.1) is 0 Å². The number of piperazine rings is 1. The van der Waals surface area contributed by atoms with Gasteiger partial charge in [-0.1, -0.05) is 27.7 Å².